The van der Waals surface area contributed by atoms with Gasteiger partial charge in [0.15, 0.2) is 5.11 Å². The maximum absolute atomic E-state index is 12.1. The van der Waals surface area contributed by atoms with E-state index in [0.717, 1.165) is 36.4 Å². The Morgan fingerprint density at radius 3 is 2.89 bits per heavy atom. The van der Waals surface area contributed by atoms with Gasteiger partial charge in [-0.15, -0.1) is 0 Å². The molecule has 2 N–H and O–H groups in total. The van der Waals surface area contributed by atoms with Gasteiger partial charge in [0.05, 0.1) is 6.10 Å². The van der Waals surface area contributed by atoms with Gasteiger partial charge in [0, 0.05) is 29.8 Å². The first-order chi connectivity index (χ1) is 13.6. The quantitative estimate of drug-likeness (QED) is 0.655. The number of hydrogen-bond donors (Lipinski definition) is 2. The molecule has 2 aromatic rings. The van der Waals surface area contributed by atoms with Gasteiger partial charge in [0.1, 0.15) is 12.4 Å². The monoisotopic (exact) mass is 418 g/mol. The van der Waals surface area contributed by atoms with Crippen LogP contribution in [0.25, 0.3) is 0 Å². The molecule has 1 unspecified atom stereocenters. The molecule has 0 aromatic heterocycles. The summed E-state index contributed by atoms with van der Waals surface area (Å²) in [6, 6.07) is 14.9. The lowest BCUT2D eigenvalue weighted by Gasteiger charge is -2.13. The average Bonchev–Trinajstić information content (AvgIpc) is 3.19. The SMILES string of the molecule is O=C(CCc1ccccc1Cl)NC(=S)Nc1cccc(OCC2CCCO2)c1. The minimum atomic E-state index is -0.164. The zero-order valence-electron chi connectivity index (χ0n) is 15.4. The second-order valence-electron chi connectivity index (χ2n) is 6.57. The van der Waals surface area contributed by atoms with Gasteiger partial charge < -0.3 is 20.1 Å². The predicted octanol–water partition coefficient (Wildman–Crippen LogP) is 4.34. The molecule has 2 aromatic carbocycles. The molecular weight excluding hydrogens is 396 g/mol. The highest BCUT2D eigenvalue weighted by Crippen LogP contribution is 2.20. The molecule has 1 saturated heterocycles. The summed E-state index contributed by atoms with van der Waals surface area (Å²) in [6.07, 6.45) is 3.13. The van der Waals surface area contributed by atoms with E-state index in [9.17, 15) is 4.79 Å². The molecular formula is C21H23ClN2O3S. The molecule has 5 nitrogen and oxygen atoms in total. The molecule has 1 atom stereocenters. The molecule has 0 radical (unpaired) electrons. The minimum absolute atomic E-state index is 0.162. The van der Waals surface area contributed by atoms with Gasteiger partial charge in [-0.2, -0.15) is 0 Å². The summed E-state index contributed by atoms with van der Waals surface area (Å²) >= 11 is 11.3. The highest BCUT2D eigenvalue weighted by Gasteiger charge is 2.16. The molecule has 1 aliphatic rings. The third kappa shape index (κ3) is 6.48. The highest BCUT2D eigenvalue weighted by atomic mass is 35.5. The number of halogens is 1. The number of hydrogen-bond acceptors (Lipinski definition) is 4. The smallest absolute Gasteiger partial charge is 0.226 e. The largest absolute Gasteiger partial charge is 0.491 e. The molecule has 3 rings (SSSR count). The molecule has 148 valence electrons. The normalized spacial score (nSPS) is 15.8. The van der Waals surface area contributed by atoms with Crippen molar-refractivity contribution in [3.8, 4) is 5.75 Å². The summed E-state index contributed by atoms with van der Waals surface area (Å²) in [4.78, 5) is 12.1. The van der Waals surface area contributed by atoms with Crippen LogP contribution in [0.3, 0.4) is 0 Å². The van der Waals surface area contributed by atoms with Crippen LogP contribution in [0.15, 0.2) is 48.5 Å². The maximum atomic E-state index is 12.1. The topological polar surface area (TPSA) is 59.6 Å². The number of rotatable bonds is 7. The van der Waals surface area contributed by atoms with Crippen molar-refractivity contribution >= 4 is 40.5 Å². The number of carbonyl (C=O) groups excluding carboxylic acids is 1. The Hall–Kier alpha value is -2.15. The highest BCUT2D eigenvalue weighted by molar-refractivity contribution is 7.80. The zero-order chi connectivity index (χ0) is 19.8. The van der Waals surface area contributed by atoms with E-state index in [1.807, 2.05) is 48.5 Å². The fourth-order valence-electron chi connectivity index (χ4n) is 2.93. The van der Waals surface area contributed by atoms with Crippen LogP contribution in [0.4, 0.5) is 5.69 Å². The van der Waals surface area contributed by atoms with Crippen LogP contribution >= 0.6 is 23.8 Å². The van der Waals surface area contributed by atoms with Crippen molar-refractivity contribution in [2.24, 2.45) is 0 Å². The lowest BCUT2D eigenvalue weighted by molar-refractivity contribution is -0.119. The number of anilines is 1. The van der Waals surface area contributed by atoms with Gasteiger partial charge in [-0.1, -0.05) is 35.9 Å². The second kappa shape index (κ2) is 10.4. The predicted molar refractivity (Wildman–Crippen MR) is 115 cm³/mol. The van der Waals surface area contributed by atoms with E-state index in [1.54, 1.807) is 0 Å². The Kier molecular flexibility index (Phi) is 7.65. The van der Waals surface area contributed by atoms with Crippen molar-refractivity contribution in [1.29, 1.82) is 0 Å². The molecule has 28 heavy (non-hydrogen) atoms. The third-order valence-corrected chi connectivity index (χ3v) is 4.96. The van der Waals surface area contributed by atoms with E-state index < -0.39 is 0 Å². The van der Waals surface area contributed by atoms with E-state index in [0.29, 0.717) is 24.5 Å². The van der Waals surface area contributed by atoms with Crippen molar-refractivity contribution in [2.75, 3.05) is 18.5 Å². The Labute approximate surface area is 175 Å². The number of ether oxygens (including phenoxy) is 2. The van der Waals surface area contributed by atoms with Gasteiger partial charge in [0.25, 0.3) is 0 Å². The second-order valence-corrected chi connectivity index (χ2v) is 7.38. The first-order valence-electron chi connectivity index (χ1n) is 9.29. The van der Waals surface area contributed by atoms with Crippen LogP contribution in [0.1, 0.15) is 24.8 Å². The molecule has 0 aliphatic carbocycles. The first-order valence-corrected chi connectivity index (χ1v) is 10.1. The van der Waals surface area contributed by atoms with Crippen LogP contribution in [0, 0.1) is 0 Å². The molecule has 1 fully saturated rings. The third-order valence-electron chi connectivity index (χ3n) is 4.38. The van der Waals surface area contributed by atoms with E-state index >= 15 is 0 Å². The Balaban J connectivity index is 1.44. The van der Waals surface area contributed by atoms with Crippen LogP contribution in [0.2, 0.25) is 5.02 Å². The molecule has 7 heteroatoms. The summed E-state index contributed by atoms with van der Waals surface area (Å²) < 4.78 is 11.3. The molecule has 0 saturated carbocycles. The molecule has 0 bridgehead atoms. The minimum Gasteiger partial charge on any atom is -0.491 e. The van der Waals surface area contributed by atoms with Crippen LogP contribution in [0.5, 0.6) is 5.75 Å². The summed E-state index contributed by atoms with van der Waals surface area (Å²) in [6.45, 7) is 1.34. The van der Waals surface area contributed by atoms with Gasteiger partial charge in [0.2, 0.25) is 5.91 Å². The van der Waals surface area contributed by atoms with Crippen LogP contribution in [-0.4, -0.2) is 30.3 Å². The molecule has 1 aliphatic heterocycles. The number of aryl methyl sites for hydroxylation is 1. The van der Waals surface area contributed by atoms with E-state index in [2.05, 4.69) is 10.6 Å². The maximum Gasteiger partial charge on any atom is 0.226 e. The molecule has 0 spiro atoms. The van der Waals surface area contributed by atoms with E-state index in [-0.39, 0.29) is 17.1 Å². The fourth-order valence-corrected chi connectivity index (χ4v) is 3.39. The summed E-state index contributed by atoms with van der Waals surface area (Å²) in [5.41, 5.74) is 1.69. The van der Waals surface area contributed by atoms with Crippen molar-refractivity contribution in [2.45, 2.75) is 31.8 Å². The average molecular weight is 419 g/mol. The van der Waals surface area contributed by atoms with Gasteiger partial charge in [-0.05, 0) is 55.2 Å². The van der Waals surface area contributed by atoms with E-state index in [4.69, 9.17) is 33.3 Å². The van der Waals surface area contributed by atoms with E-state index in [1.165, 1.54) is 0 Å². The number of nitrogens with one attached hydrogen (secondary N) is 2. The summed E-state index contributed by atoms with van der Waals surface area (Å²) in [5, 5.41) is 6.62. The summed E-state index contributed by atoms with van der Waals surface area (Å²) in [7, 11) is 0. The number of benzene rings is 2. The van der Waals surface area contributed by atoms with Crippen molar-refractivity contribution in [3.05, 3.63) is 59.1 Å². The van der Waals surface area contributed by atoms with Crippen LogP contribution in [-0.2, 0) is 16.0 Å². The van der Waals surface area contributed by atoms with Crippen molar-refractivity contribution < 1.29 is 14.3 Å². The van der Waals surface area contributed by atoms with Crippen LogP contribution < -0.4 is 15.4 Å². The number of thiocarbonyl (C=S) groups is 1. The summed E-state index contributed by atoms with van der Waals surface area (Å²) in [5.74, 6) is 0.566. The Morgan fingerprint density at radius 1 is 1.25 bits per heavy atom. The standard InChI is InChI=1S/C21H23ClN2O3S/c22-19-9-2-1-5-15(19)10-11-20(25)24-21(28)23-16-6-3-7-17(13-16)27-14-18-8-4-12-26-18/h1-3,5-7,9,13,18H,4,8,10-12,14H2,(H2,23,24,25,28). The van der Waals surface area contributed by atoms with Gasteiger partial charge >= 0.3 is 0 Å². The zero-order valence-corrected chi connectivity index (χ0v) is 17.0. The molecule has 1 heterocycles. The van der Waals surface area contributed by atoms with Gasteiger partial charge in [-0.25, -0.2) is 0 Å². The Morgan fingerprint density at radius 2 is 2.11 bits per heavy atom. The first kappa shape index (κ1) is 20.6. The lowest BCUT2D eigenvalue weighted by atomic mass is 10.1. The fraction of sp³-hybridized carbons (Fsp3) is 0.333. The van der Waals surface area contributed by atoms with Crippen molar-refractivity contribution in [1.82, 2.24) is 5.32 Å². The Bertz CT molecular complexity index is 825. The van der Waals surface area contributed by atoms with Gasteiger partial charge in [-0.3, -0.25) is 4.79 Å². The number of carbonyl (C=O) groups is 1. The number of amides is 1. The lowest BCUT2D eigenvalue weighted by Crippen LogP contribution is -2.34. The molecule has 1 amide bonds. The van der Waals surface area contributed by atoms with Crippen molar-refractivity contribution in [3.63, 3.8) is 0 Å².